The smallest absolute Gasteiger partial charge is 0.306 e. The van der Waals surface area contributed by atoms with Gasteiger partial charge in [0.05, 0.1) is 4.92 Å². The van der Waals surface area contributed by atoms with Crippen molar-refractivity contribution in [3.63, 3.8) is 0 Å². The summed E-state index contributed by atoms with van der Waals surface area (Å²) in [6.07, 6.45) is 4.59. The van der Waals surface area contributed by atoms with E-state index in [9.17, 15) is 14.5 Å². The second-order valence-electron chi connectivity index (χ2n) is 6.93. The van der Waals surface area contributed by atoms with Crippen LogP contribution in [0.15, 0.2) is 18.2 Å². The molecule has 0 bridgehead atoms. The lowest BCUT2D eigenvalue weighted by Gasteiger charge is -2.41. The average Bonchev–Trinajstić information content (AvgIpc) is 2.40. The fraction of sp³-hybridized carbons (Fsp3) is 0.625. The third-order valence-electron chi connectivity index (χ3n) is 4.37. The first kappa shape index (κ1) is 15.7. The van der Waals surface area contributed by atoms with Crippen LogP contribution in [0, 0.1) is 27.3 Å². The quantitative estimate of drug-likeness (QED) is 0.646. The van der Waals surface area contributed by atoms with Gasteiger partial charge in [-0.3, -0.25) is 10.1 Å². The number of anilines is 1. The summed E-state index contributed by atoms with van der Waals surface area (Å²) in [5.74, 6) is -0.281. The first-order chi connectivity index (χ1) is 9.79. The summed E-state index contributed by atoms with van der Waals surface area (Å²) in [6, 6.07) is 4.32. The van der Waals surface area contributed by atoms with Gasteiger partial charge in [-0.05, 0) is 36.3 Å². The van der Waals surface area contributed by atoms with Gasteiger partial charge in [0.2, 0.25) is 5.82 Å². The minimum Gasteiger partial charge on any atom is -0.382 e. The number of nitrogens with one attached hydrogen (secondary N) is 1. The third-order valence-corrected chi connectivity index (χ3v) is 4.37. The Bertz CT molecular complexity index is 525. The molecule has 1 N–H and O–H groups in total. The zero-order valence-electron chi connectivity index (χ0n) is 12.9. The summed E-state index contributed by atoms with van der Waals surface area (Å²) in [5.41, 5.74) is 0.344. The van der Waals surface area contributed by atoms with E-state index >= 15 is 0 Å². The van der Waals surface area contributed by atoms with Crippen molar-refractivity contribution in [3.8, 4) is 0 Å². The highest BCUT2D eigenvalue weighted by Gasteiger charge is 2.34. The minimum atomic E-state index is -0.790. The first-order valence-corrected chi connectivity index (χ1v) is 7.49. The Morgan fingerprint density at radius 1 is 1.29 bits per heavy atom. The summed E-state index contributed by atoms with van der Waals surface area (Å²) >= 11 is 0. The van der Waals surface area contributed by atoms with Crippen molar-refractivity contribution in [1.82, 2.24) is 0 Å². The highest BCUT2D eigenvalue weighted by atomic mass is 19.1. The van der Waals surface area contributed by atoms with Crippen LogP contribution in [-0.2, 0) is 0 Å². The van der Waals surface area contributed by atoms with Crippen molar-refractivity contribution in [1.29, 1.82) is 0 Å². The standard InChI is InChI=1S/C16H23FN2O2/c1-16(2,3)12-6-4-5-7-14(12)18-11-8-9-13(17)15(10-11)19(20)21/h8-10,12,14,18H,4-7H2,1-3H3. The molecule has 1 saturated carbocycles. The maximum atomic E-state index is 13.4. The number of benzene rings is 1. The number of nitrogens with zero attached hydrogens (tertiary/aromatic N) is 1. The molecule has 1 aliphatic carbocycles. The Hall–Kier alpha value is -1.65. The fourth-order valence-electron chi connectivity index (χ4n) is 3.30. The summed E-state index contributed by atoms with van der Waals surface area (Å²) in [6.45, 7) is 6.68. The van der Waals surface area contributed by atoms with Gasteiger partial charge in [0.1, 0.15) is 0 Å². The van der Waals surface area contributed by atoms with Crippen LogP contribution in [0.2, 0.25) is 0 Å². The van der Waals surface area contributed by atoms with E-state index in [1.165, 1.54) is 12.5 Å². The first-order valence-electron chi connectivity index (χ1n) is 7.49. The summed E-state index contributed by atoms with van der Waals surface area (Å²) in [7, 11) is 0. The maximum Gasteiger partial charge on any atom is 0.306 e. The molecular formula is C16H23FN2O2. The van der Waals surface area contributed by atoms with Gasteiger partial charge in [-0.2, -0.15) is 4.39 Å². The van der Waals surface area contributed by atoms with Gasteiger partial charge in [0.15, 0.2) is 0 Å². The predicted molar refractivity (Wildman–Crippen MR) is 81.9 cm³/mol. The minimum absolute atomic E-state index is 0.185. The molecule has 1 aliphatic rings. The molecule has 0 aliphatic heterocycles. The molecule has 0 aromatic heterocycles. The summed E-state index contributed by atoms with van der Waals surface area (Å²) in [5, 5.41) is 14.2. The van der Waals surface area contributed by atoms with E-state index < -0.39 is 16.4 Å². The molecule has 0 radical (unpaired) electrons. The molecule has 2 rings (SSSR count). The second kappa shape index (κ2) is 6.00. The topological polar surface area (TPSA) is 55.2 Å². The van der Waals surface area contributed by atoms with Crippen molar-refractivity contribution in [3.05, 3.63) is 34.1 Å². The fourth-order valence-corrected chi connectivity index (χ4v) is 3.30. The Morgan fingerprint density at radius 2 is 1.95 bits per heavy atom. The molecule has 0 spiro atoms. The molecule has 0 saturated heterocycles. The lowest BCUT2D eigenvalue weighted by atomic mass is 9.69. The van der Waals surface area contributed by atoms with Gasteiger partial charge in [-0.1, -0.05) is 33.6 Å². The Balaban J connectivity index is 2.20. The largest absolute Gasteiger partial charge is 0.382 e. The van der Waals surface area contributed by atoms with E-state index in [1.807, 2.05) is 0 Å². The average molecular weight is 294 g/mol. The number of hydrogen-bond acceptors (Lipinski definition) is 3. The van der Waals surface area contributed by atoms with Gasteiger partial charge in [-0.15, -0.1) is 0 Å². The van der Waals surface area contributed by atoms with Crippen molar-refractivity contribution >= 4 is 11.4 Å². The highest BCUT2D eigenvalue weighted by Crippen LogP contribution is 2.39. The number of hydrogen-bond donors (Lipinski definition) is 1. The maximum absolute atomic E-state index is 13.4. The van der Waals surface area contributed by atoms with E-state index in [-0.39, 0.29) is 11.5 Å². The van der Waals surface area contributed by atoms with Gasteiger partial charge < -0.3 is 5.32 Å². The number of nitro benzene ring substituents is 1. The van der Waals surface area contributed by atoms with Gasteiger partial charge in [-0.25, -0.2) is 0 Å². The Morgan fingerprint density at radius 3 is 2.57 bits per heavy atom. The highest BCUT2D eigenvalue weighted by molar-refractivity contribution is 5.52. The summed E-state index contributed by atoms with van der Waals surface area (Å²) < 4.78 is 13.4. The van der Waals surface area contributed by atoms with Crippen LogP contribution < -0.4 is 5.32 Å². The van der Waals surface area contributed by atoms with E-state index in [0.29, 0.717) is 11.6 Å². The summed E-state index contributed by atoms with van der Waals surface area (Å²) in [4.78, 5) is 10.1. The van der Waals surface area contributed by atoms with Crippen molar-refractivity contribution < 1.29 is 9.31 Å². The van der Waals surface area contributed by atoms with Crippen molar-refractivity contribution in [2.24, 2.45) is 11.3 Å². The monoisotopic (exact) mass is 294 g/mol. The van der Waals surface area contributed by atoms with Gasteiger partial charge in [0.25, 0.3) is 0 Å². The number of nitro groups is 1. The van der Waals surface area contributed by atoms with E-state index in [2.05, 4.69) is 26.1 Å². The Kier molecular flexibility index (Phi) is 4.49. The van der Waals surface area contributed by atoms with Crippen LogP contribution in [-0.4, -0.2) is 11.0 Å². The number of rotatable bonds is 3. The molecule has 21 heavy (non-hydrogen) atoms. The molecule has 4 nitrogen and oxygen atoms in total. The van der Waals surface area contributed by atoms with Crippen LogP contribution in [0.4, 0.5) is 15.8 Å². The van der Waals surface area contributed by atoms with Crippen molar-refractivity contribution in [2.45, 2.75) is 52.5 Å². The molecule has 1 aromatic rings. The third kappa shape index (κ3) is 3.71. The Labute approximate surface area is 124 Å². The lowest BCUT2D eigenvalue weighted by Crippen LogP contribution is -2.39. The van der Waals surface area contributed by atoms with Crippen LogP contribution >= 0.6 is 0 Å². The molecule has 0 heterocycles. The predicted octanol–water partition coefficient (Wildman–Crippen LogP) is 4.75. The second-order valence-corrected chi connectivity index (χ2v) is 6.93. The molecule has 2 atom stereocenters. The number of halogens is 1. The molecular weight excluding hydrogens is 271 g/mol. The van der Waals surface area contributed by atoms with Crippen LogP contribution in [0.5, 0.6) is 0 Å². The van der Waals surface area contributed by atoms with Crippen LogP contribution in [0.1, 0.15) is 46.5 Å². The van der Waals surface area contributed by atoms with E-state index in [4.69, 9.17) is 0 Å². The lowest BCUT2D eigenvalue weighted by molar-refractivity contribution is -0.387. The molecule has 0 amide bonds. The molecule has 1 aromatic carbocycles. The van der Waals surface area contributed by atoms with E-state index in [0.717, 1.165) is 25.3 Å². The zero-order chi connectivity index (χ0) is 15.6. The van der Waals surface area contributed by atoms with Gasteiger partial charge in [0, 0.05) is 17.8 Å². The van der Waals surface area contributed by atoms with Crippen LogP contribution in [0.25, 0.3) is 0 Å². The SMILES string of the molecule is CC(C)(C)C1CCCCC1Nc1ccc(F)c([N+](=O)[O-])c1. The van der Waals surface area contributed by atoms with Crippen molar-refractivity contribution in [2.75, 3.05) is 5.32 Å². The normalized spacial score (nSPS) is 22.9. The molecule has 2 unspecified atom stereocenters. The zero-order valence-corrected chi connectivity index (χ0v) is 12.9. The van der Waals surface area contributed by atoms with Gasteiger partial charge >= 0.3 is 5.69 Å². The molecule has 5 heteroatoms. The molecule has 116 valence electrons. The van der Waals surface area contributed by atoms with Crippen LogP contribution in [0.3, 0.4) is 0 Å². The molecule has 1 fully saturated rings. The van der Waals surface area contributed by atoms with E-state index in [1.54, 1.807) is 6.07 Å².